The van der Waals surface area contributed by atoms with Crippen molar-refractivity contribution in [3.05, 3.63) is 72.0 Å². The van der Waals surface area contributed by atoms with Crippen LogP contribution in [0.25, 0.3) is 0 Å². The molecule has 0 radical (unpaired) electrons. The number of nitrogens with one attached hydrogen (secondary N) is 1. The Hall–Kier alpha value is -1.80. The van der Waals surface area contributed by atoms with Crippen molar-refractivity contribution in [2.24, 2.45) is 11.3 Å². The van der Waals surface area contributed by atoms with Crippen LogP contribution in [-0.2, 0) is 4.74 Å². The van der Waals surface area contributed by atoms with Crippen molar-refractivity contribution < 1.29 is 4.74 Å². The van der Waals surface area contributed by atoms with Crippen LogP contribution in [0.15, 0.2) is 72.0 Å². The van der Waals surface area contributed by atoms with E-state index in [9.17, 15) is 0 Å². The smallest absolute Gasteiger partial charge is 0.0925 e. The van der Waals surface area contributed by atoms with Crippen LogP contribution in [0.4, 0.5) is 0 Å². The normalized spacial score (nSPS) is 40.8. The molecular formula is C18H19NO. The van der Waals surface area contributed by atoms with Gasteiger partial charge in [-0.2, -0.15) is 0 Å². The van der Waals surface area contributed by atoms with E-state index >= 15 is 0 Å². The minimum atomic E-state index is 0.0699. The predicted molar refractivity (Wildman–Crippen MR) is 81.0 cm³/mol. The molecule has 4 atom stereocenters. The molecule has 0 aromatic rings. The lowest BCUT2D eigenvalue weighted by Crippen LogP contribution is -2.33. The lowest BCUT2D eigenvalue weighted by Gasteiger charge is -2.33. The second kappa shape index (κ2) is 4.35. The van der Waals surface area contributed by atoms with Gasteiger partial charge in [0.25, 0.3) is 0 Å². The maximum atomic E-state index is 6.38. The first-order chi connectivity index (χ1) is 9.79. The van der Waals surface area contributed by atoms with Gasteiger partial charge in [-0.3, -0.25) is 0 Å². The topological polar surface area (TPSA) is 21.3 Å². The molecule has 0 saturated carbocycles. The molecule has 2 aliphatic heterocycles. The minimum absolute atomic E-state index is 0.0699. The number of fused-ring (bicyclic) bond motifs is 3. The molecule has 2 aliphatic carbocycles. The van der Waals surface area contributed by atoms with Crippen molar-refractivity contribution in [1.29, 1.82) is 0 Å². The highest BCUT2D eigenvalue weighted by Crippen LogP contribution is 2.51. The van der Waals surface area contributed by atoms with Crippen LogP contribution in [0.1, 0.15) is 6.92 Å². The van der Waals surface area contributed by atoms with E-state index in [4.69, 9.17) is 4.74 Å². The number of allylic oxidation sites excluding steroid dienone is 6. The summed E-state index contributed by atoms with van der Waals surface area (Å²) in [5.41, 5.74) is 2.54. The van der Waals surface area contributed by atoms with Crippen molar-refractivity contribution in [2.45, 2.75) is 19.1 Å². The average molecular weight is 265 g/mol. The molecule has 1 fully saturated rings. The fourth-order valence-electron chi connectivity index (χ4n) is 3.64. The second-order valence-corrected chi connectivity index (χ2v) is 6.01. The summed E-state index contributed by atoms with van der Waals surface area (Å²) in [5.74, 6) is 0.405. The highest BCUT2D eigenvalue weighted by molar-refractivity contribution is 5.46. The molecule has 0 amide bonds. The largest absolute Gasteiger partial charge is 0.381 e. The molecule has 0 spiro atoms. The molecule has 0 aromatic heterocycles. The third-order valence-electron chi connectivity index (χ3n) is 4.82. The third-order valence-corrected chi connectivity index (χ3v) is 4.82. The number of hydrogen-bond donors (Lipinski definition) is 1. The maximum Gasteiger partial charge on any atom is 0.0925 e. The number of rotatable bonds is 1. The molecule has 1 saturated heterocycles. The average Bonchev–Trinajstić information content (AvgIpc) is 2.81. The lowest BCUT2D eigenvalue weighted by atomic mass is 9.69. The summed E-state index contributed by atoms with van der Waals surface area (Å²) in [7, 11) is 0. The molecule has 0 bridgehead atoms. The maximum absolute atomic E-state index is 6.38. The highest BCUT2D eigenvalue weighted by Gasteiger charge is 2.52. The van der Waals surface area contributed by atoms with Gasteiger partial charge in [0, 0.05) is 29.1 Å². The van der Waals surface area contributed by atoms with Crippen LogP contribution >= 0.6 is 0 Å². The zero-order chi connectivity index (χ0) is 13.6. The fourth-order valence-corrected chi connectivity index (χ4v) is 3.64. The highest BCUT2D eigenvalue weighted by atomic mass is 16.5. The van der Waals surface area contributed by atoms with Crippen molar-refractivity contribution >= 4 is 0 Å². The Labute approximate surface area is 119 Å². The van der Waals surface area contributed by atoms with E-state index in [0.29, 0.717) is 5.92 Å². The Balaban J connectivity index is 1.72. The number of hydrogen-bond acceptors (Lipinski definition) is 2. The molecular weight excluding hydrogens is 246 g/mol. The van der Waals surface area contributed by atoms with E-state index in [2.05, 4.69) is 73.0 Å². The van der Waals surface area contributed by atoms with E-state index < -0.39 is 0 Å². The summed E-state index contributed by atoms with van der Waals surface area (Å²) in [6, 6.07) is 0. The quantitative estimate of drug-likeness (QED) is 0.787. The van der Waals surface area contributed by atoms with E-state index in [1.807, 2.05) is 0 Å². The summed E-state index contributed by atoms with van der Waals surface area (Å²) < 4.78 is 6.38. The van der Waals surface area contributed by atoms with Gasteiger partial charge in [-0.1, -0.05) is 61.6 Å². The van der Waals surface area contributed by atoms with Gasteiger partial charge in [-0.15, -0.1) is 0 Å². The molecule has 0 aromatic carbocycles. The van der Waals surface area contributed by atoms with E-state index in [1.165, 1.54) is 11.3 Å². The first kappa shape index (κ1) is 12.0. The van der Waals surface area contributed by atoms with Gasteiger partial charge < -0.3 is 10.1 Å². The molecule has 4 aliphatic rings. The summed E-state index contributed by atoms with van der Waals surface area (Å²) in [4.78, 5) is 0. The van der Waals surface area contributed by atoms with Gasteiger partial charge in [-0.25, -0.2) is 0 Å². The summed E-state index contributed by atoms with van der Waals surface area (Å²) in [5, 5.41) is 3.45. The fraction of sp³-hybridized carbons (Fsp3) is 0.333. The molecule has 1 N–H and O–H groups in total. The first-order valence-electron chi connectivity index (χ1n) is 7.30. The Bertz CT molecular complexity index is 605. The van der Waals surface area contributed by atoms with Gasteiger partial charge in [0.05, 0.1) is 12.2 Å². The van der Waals surface area contributed by atoms with Gasteiger partial charge >= 0.3 is 0 Å². The molecule has 102 valence electrons. The van der Waals surface area contributed by atoms with Crippen LogP contribution < -0.4 is 5.32 Å². The molecule has 2 heteroatoms. The summed E-state index contributed by atoms with van der Waals surface area (Å²) in [6.45, 7) is 3.20. The van der Waals surface area contributed by atoms with Crippen LogP contribution in [-0.4, -0.2) is 18.8 Å². The van der Waals surface area contributed by atoms with Crippen LogP contribution in [0, 0.1) is 11.3 Å². The lowest BCUT2D eigenvalue weighted by molar-refractivity contribution is 0.0716. The molecule has 2 nitrogen and oxygen atoms in total. The number of ether oxygens (including phenoxy) is 1. The standard InChI is InChI=1S/C18H19NO/c1-18-11-4-2-10-16(18)20-17-13(7-6-8-14(17)18)15-9-3-5-12-19-15/h2-11,14,16-17,19H,12H2,1H3. The van der Waals surface area contributed by atoms with Crippen LogP contribution in [0.5, 0.6) is 0 Å². The molecule has 4 rings (SSSR count). The second-order valence-electron chi connectivity index (χ2n) is 6.01. The third kappa shape index (κ3) is 1.61. The minimum Gasteiger partial charge on any atom is -0.381 e. The Morgan fingerprint density at radius 1 is 1.15 bits per heavy atom. The van der Waals surface area contributed by atoms with Gasteiger partial charge in [0.2, 0.25) is 0 Å². The van der Waals surface area contributed by atoms with E-state index in [-0.39, 0.29) is 17.6 Å². The first-order valence-corrected chi connectivity index (χ1v) is 7.30. The Kier molecular flexibility index (Phi) is 2.61. The molecule has 4 unspecified atom stereocenters. The summed E-state index contributed by atoms with van der Waals surface area (Å²) in [6.07, 6.45) is 22.1. The monoisotopic (exact) mass is 265 g/mol. The van der Waals surface area contributed by atoms with Gasteiger partial charge in [0.1, 0.15) is 0 Å². The predicted octanol–water partition coefficient (Wildman–Crippen LogP) is 3.04. The van der Waals surface area contributed by atoms with E-state index in [0.717, 1.165) is 6.54 Å². The summed E-state index contributed by atoms with van der Waals surface area (Å²) >= 11 is 0. The molecule has 20 heavy (non-hydrogen) atoms. The van der Waals surface area contributed by atoms with Crippen molar-refractivity contribution in [3.8, 4) is 0 Å². The zero-order valence-corrected chi connectivity index (χ0v) is 11.6. The van der Waals surface area contributed by atoms with Gasteiger partial charge in [0.15, 0.2) is 0 Å². The Morgan fingerprint density at radius 3 is 2.95 bits per heavy atom. The van der Waals surface area contributed by atoms with Crippen molar-refractivity contribution in [1.82, 2.24) is 5.32 Å². The van der Waals surface area contributed by atoms with Crippen molar-refractivity contribution in [3.63, 3.8) is 0 Å². The van der Waals surface area contributed by atoms with Gasteiger partial charge in [-0.05, 0) is 6.08 Å². The number of dihydropyridines is 1. The van der Waals surface area contributed by atoms with Crippen LogP contribution in [0.3, 0.4) is 0 Å². The Morgan fingerprint density at radius 2 is 2.10 bits per heavy atom. The molecule has 2 heterocycles. The van der Waals surface area contributed by atoms with Crippen molar-refractivity contribution in [2.75, 3.05) is 6.54 Å². The zero-order valence-electron chi connectivity index (χ0n) is 11.6. The van der Waals surface area contributed by atoms with Crippen LogP contribution in [0.2, 0.25) is 0 Å². The SMILES string of the molecule is CC12C=CC=CC1OC1C(C3=CC=CCN3)=CC=CC12. The van der Waals surface area contributed by atoms with E-state index in [1.54, 1.807) is 0 Å².